The maximum Gasteiger partial charge on any atom is 0.275 e. The Labute approximate surface area is 164 Å². The fraction of sp³-hybridized carbons (Fsp3) is 0.348. The molecule has 0 spiro atoms. The molecule has 1 N–H and O–H groups in total. The quantitative estimate of drug-likeness (QED) is 0.758. The largest absolute Gasteiger partial charge is 0.352 e. The number of amides is 1. The van der Waals surface area contributed by atoms with Crippen molar-refractivity contribution in [3.8, 4) is 0 Å². The van der Waals surface area contributed by atoms with Crippen LogP contribution in [0.15, 0.2) is 59.4 Å². The van der Waals surface area contributed by atoms with E-state index in [4.69, 9.17) is 0 Å². The number of fused-ring (bicyclic) bond motifs is 1. The average molecular weight is 375 g/mol. The van der Waals surface area contributed by atoms with E-state index in [0.29, 0.717) is 11.3 Å². The molecule has 1 aromatic heterocycles. The molecule has 1 aliphatic rings. The lowest BCUT2D eigenvalue weighted by Gasteiger charge is -2.29. The van der Waals surface area contributed by atoms with E-state index in [2.05, 4.69) is 34.7 Å². The van der Waals surface area contributed by atoms with Crippen molar-refractivity contribution < 1.29 is 4.79 Å². The Kier molecular flexibility index (Phi) is 5.24. The molecule has 4 rings (SSSR count). The first kappa shape index (κ1) is 18.4. The fourth-order valence-corrected chi connectivity index (χ4v) is 4.22. The monoisotopic (exact) mass is 375 g/mol. The predicted molar refractivity (Wildman–Crippen MR) is 110 cm³/mol. The van der Waals surface area contributed by atoms with Crippen LogP contribution >= 0.6 is 0 Å². The van der Waals surface area contributed by atoms with Crippen LogP contribution in [0, 0.1) is 6.92 Å². The van der Waals surface area contributed by atoms with Gasteiger partial charge in [-0.1, -0.05) is 48.5 Å². The fourth-order valence-electron chi connectivity index (χ4n) is 4.22. The second-order valence-corrected chi connectivity index (χ2v) is 7.62. The molecule has 0 aliphatic heterocycles. The third-order valence-electron chi connectivity index (χ3n) is 5.71. The number of rotatable bonds is 4. The van der Waals surface area contributed by atoms with Crippen molar-refractivity contribution in [1.82, 2.24) is 15.1 Å². The lowest BCUT2D eigenvalue weighted by Crippen LogP contribution is -2.41. The molecular weight excluding hydrogens is 350 g/mol. The minimum atomic E-state index is -0.218. The number of aryl methyl sites for hydroxylation is 1. The molecule has 1 amide bonds. The number of carbonyl (C=O) groups is 1. The molecule has 1 fully saturated rings. The van der Waals surface area contributed by atoms with Gasteiger partial charge in [0.1, 0.15) is 6.54 Å². The molecule has 0 radical (unpaired) electrons. The summed E-state index contributed by atoms with van der Waals surface area (Å²) in [5.41, 5.74) is 1.92. The molecule has 5 nitrogen and oxygen atoms in total. The van der Waals surface area contributed by atoms with Crippen LogP contribution in [0.3, 0.4) is 0 Å². The van der Waals surface area contributed by atoms with Crippen molar-refractivity contribution in [2.24, 2.45) is 0 Å². The van der Waals surface area contributed by atoms with E-state index < -0.39 is 0 Å². The van der Waals surface area contributed by atoms with Gasteiger partial charge in [-0.05, 0) is 50.2 Å². The maximum absolute atomic E-state index is 12.6. The van der Waals surface area contributed by atoms with Gasteiger partial charge in [-0.25, -0.2) is 4.68 Å². The summed E-state index contributed by atoms with van der Waals surface area (Å²) in [5, 5.41) is 8.86. The van der Waals surface area contributed by atoms with Crippen LogP contribution in [0.1, 0.15) is 42.9 Å². The summed E-state index contributed by atoms with van der Waals surface area (Å²) in [6.07, 6.45) is 4.07. The normalized spacial score (nSPS) is 19.5. The Morgan fingerprint density at radius 3 is 2.36 bits per heavy atom. The lowest BCUT2D eigenvalue weighted by atomic mass is 9.82. The Bertz CT molecular complexity index is 1030. The van der Waals surface area contributed by atoms with Crippen molar-refractivity contribution in [2.75, 3.05) is 0 Å². The highest BCUT2D eigenvalue weighted by Gasteiger charge is 2.23. The second kappa shape index (κ2) is 7.97. The van der Waals surface area contributed by atoms with Crippen molar-refractivity contribution in [3.05, 3.63) is 76.2 Å². The summed E-state index contributed by atoms with van der Waals surface area (Å²) in [6, 6.07) is 18.1. The van der Waals surface area contributed by atoms with Gasteiger partial charge in [0, 0.05) is 11.4 Å². The third kappa shape index (κ3) is 3.84. The molecular formula is C23H25N3O2. The second-order valence-electron chi connectivity index (χ2n) is 7.62. The minimum absolute atomic E-state index is 0.0386. The molecule has 0 atom stereocenters. The van der Waals surface area contributed by atoms with Gasteiger partial charge < -0.3 is 5.32 Å². The zero-order valence-electron chi connectivity index (χ0n) is 16.1. The number of benzene rings is 2. The average Bonchev–Trinajstić information content (AvgIpc) is 2.73. The first-order valence-corrected chi connectivity index (χ1v) is 9.92. The van der Waals surface area contributed by atoms with E-state index in [9.17, 15) is 9.59 Å². The summed E-state index contributed by atoms with van der Waals surface area (Å²) in [5.74, 6) is 0.425. The van der Waals surface area contributed by atoms with E-state index in [-0.39, 0.29) is 24.1 Å². The van der Waals surface area contributed by atoms with E-state index in [1.807, 2.05) is 31.2 Å². The number of aromatic nitrogens is 2. The highest BCUT2D eigenvalue weighted by Crippen LogP contribution is 2.32. The zero-order valence-corrected chi connectivity index (χ0v) is 16.1. The van der Waals surface area contributed by atoms with Gasteiger partial charge in [0.15, 0.2) is 0 Å². The molecule has 3 aromatic rings. The van der Waals surface area contributed by atoms with Crippen LogP contribution in [0.25, 0.3) is 10.8 Å². The van der Waals surface area contributed by atoms with Crippen molar-refractivity contribution in [2.45, 2.75) is 51.1 Å². The summed E-state index contributed by atoms with van der Waals surface area (Å²) in [4.78, 5) is 25.1. The number of carbonyl (C=O) groups excluding carboxylic acids is 1. The highest BCUT2D eigenvalue weighted by molar-refractivity contribution is 5.83. The van der Waals surface area contributed by atoms with Crippen molar-refractivity contribution >= 4 is 16.7 Å². The molecule has 0 unspecified atom stereocenters. The molecule has 28 heavy (non-hydrogen) atoms. The van der Waals surface area contributed by atoms with Crippen molar-refractivity contribution in [1.29, 1.82) is 0 Å². The van der Waals surface area contributed by atoms with Crippen LogP contribution in [-0.4, -0.2) is 21.7 Å². The van der Waals surface area contributed by atoms with E-state index in [1.54, 1.807) is 6.07 Å². The van der Waals surface area contributed by atoms with Gasteiger partial charge in [0.05, 0.1) is 11.1 Å². The van der Waals surface area contributed by atoms with Gasteiger partial charge in [0.25, 0.3) is 5.56 Å². The lowest BCUT2D eigenvalue weighted by molar-refractivity contribution is -0.122. The summed E-state index contributed by atoms with van der Waals surface area (Å²) >= 11 is 0. The van der Waals surface area contributed by atoms with Gasteiger partial charge in [0.2, 0.25) is 5.91 Å². The first-order valence-electron chi connectivity index (χ1n) is 9.92. The standard InChI is InChI=1S/C23H25N3O2/c1-16-20-9-5-6-10-21(20)23(28)26(25-16)15-22(27)24-19-13-11-18(12-14-19)17-7-3-2-4-8-17/h2-10,18-19H,11-15H2,1H3,(H,24,27). The SMILES string of the molecule is Cc1nn(CC(=O)NC2CCC(c3ccccc3)CC2)c(=O)c2ccccc12. The molecule has 5 heteroatoms. The zero-order chi connectivity index (χ0) is 19.5. The number of hydrogen-bond acceptors (Lipinski definition) is 3. The Balaban J connectivity index is 1.39. The number of nitrogens with zero attached hydrogens (tertiary/aromatic N) is 2. The summed E-state index contributed by atoms with van der Waals surface area (Å²) in [7, 11) is 0. The van der Waals surface area contributed by atoms with E-state index in [1.165, 1.54) is 10.2 Å². The van der Waals surface area contributed by atoms with Crippen LogP contribution in [0.2, 0.25) is 0 Å². The molecule has 1 aliphatic carbocycles. The Morgan fingerprint density at radius 2 is 1.64 bits per heavy atom. The van der Waals surface area contributed by atoms with Crippen LogP contribution in [0.4, 0.5) is 0 Å². The molecule has 2 aromatic carbocycles. The predicted octanol–water partition coefficient (Wildman–Crippen LogP) is 3.55. The number of nitrogens with one attached hydrogen (secondary N) is 1. The van der Waals surface area contributed by atoms with Crippen molar-refractivity contribution in [3.63, 3.8) is 0 Å². The van der Waals surface area contributed by atoms with Crippen LogP contribution in [0.5, 0.6) is 0 Å². The summed E-state index contributed by atoms with van der Waals surface area (Å²) < 4.78 is 1.28. The third-order valence-corrected chi connectivity index (χ3v) is 5.71. The maximum atomic E-state index is 12.6. The Hall–Kier alpha value is -2.95. The summed E-state index contributed by atoms with van der Waals surface area (Å²) in [6.45, 7) is 1.82. The van der Waals surface area contributed by atoms with Crippen LogP contribution < -0.4 is 10.9 Å². The molecule has 1 heterocycles. The smallest absolute Gasteiger partial charge is 0.275 e. The van der Waals surface area contributed by atoms with Gasteiger partial charge in [-0.2, -0.15) is 5.10 Å². The first-order chi connectivity index (χ1) is 13.6. The highest BCUT2D eigenvalue weighted by atomic mass is 16.2. The van der Waals surface area contributed by atoms with Gasteiger partial charge in [-0.15, -0.1) is 0 Å². The van der Waals surface area contributed by atoms with E-state index >= 15 is 0 Å². The van der Waals surface area contributed by atoms with E-state index in [0.717, 1.165) is 36.8 Å². The van der Waals surface area contributed by atoms with Gasteiger partial charge >= 0.3 is 0 Å². The molecule has 1 saturated carbocycles. The molecule has 0 saturated heterocycles. The molecule has 144 valence electrons. The number of hydrogen-bond donors (Lipinski definition) is 1. The minimum Gasteiger partial charge on any atom is -0.352 e. The van der Waals surface area contributed by atoms with Crippen LogP contribution in [-0.2, 0) is 11.3 Å². The Morgan fingerprint density at radius 1 is 1.00 bits per heavy atom. The topological polar surface area (TPSA) is 64.0 Å². The molecule has 0 bridgehead atoms. The van der Waals surface area contributed by atoms with Gasteiger partial charge in [-0.3, -0.25) is 9.59 Å².